The standard InChI is InChI=1S/C9H15N3O/c1-13-4-2-3-9(10)8-5-11-7-12-6-8/h5-7,9H,2-4,10H2,1H3. The lowest BCUT2D eigenvalue weighted by molar-refractivity contribution is 0.190. The van der Waals surface area contributed by atoms with Crippen LogP contribution in [0.4, 0.5) is 0 Å². The first-order chi connectivity index (χ1) is 6.34. The molecule has 4 heteroatoms. The van der Waals surface area contributed by atoms with Crippen LogP contribution < -0.4 is 5.73 Å². The van der Waals surface area contributed by atoms with Gasteiger partial charge in [-0.3, -0.25) is 0 Å². The van der Waals surface area contributed by atoms with E-state index in [9.17, 15) is 0 Å². The molecular weight excluding hydrogens is 166 g/mol. The average molecular weight is 181 g/mol. The van der Waals surface area contributed by atoms with Crippen LogP contribution in [0.1, 0.15) is 24.4 Å². The Hall–Kier alpha value is -1.00. The molecule has 0 aromatic carbocycles. The molecule has 0 aliphatic carbocycles. The number of ether oxygens (including phenoxy) is 1. The number of rotatable bonds is 5. The summed E-state index contributed by atoms with van der Waals surface area (Å²) >= 11 is 0. The van der Waals surface area contributed by atoms with Crippen molar-refractivity contribution in [2.75, 3.05) is 13.7 Å². The van der Waals surface area contributed by atoms with Crippen LogP contribution in [0.25, 0.3) is 0 Å². The zero-order valence-electron chi connectivity index (χ0n) is 7.81. The molecular formula is C9H15N3O. The summed E-state index contributed by atoms with van der Waals surface area (Å²) in [7, 11) is 1.69. The van der Waals surface area contributed by atoms with Gasteiger partial charge in [0.25, 0.3) is 0 Å². The largest absolute Gasteiger partial charge is 0.385 e. The highest BCUT2D eigenvalue weighted by Crippen LogP contribution is 2.12. The molecule has 0 amide bonds. The molecule has 0 bridgehead atoms. The minimum atomic E-state index is 0.0244. The topological polar surface area (TPSA) is 61.0 Å². The van der Waals surface area contributed by atoms with Gasteiger partial charge in [0, 0.05) is 37.7 Å². The Morgan fingerprint density at radius 2 is 2.15 bits per heavy atom. The molecule has 1 atom stereocenters. The third-order valence-corrected chi connectivity index (χ3v) is 1.87. The first-order valence-corrected chi connectivity index (χ1v) is 4.34. The molecule has 1 unspecified atom stereocenters. The van der Waals surface area contributed by atoms with E-state index in [1.54, 1.807) is 19.5 Å². The van der Waals surface area contributed by atoms with E-state index in [0.29, 0.717) is 0 Å². The van der Waals surface area contributed by atoms with Crippen LogP contribution in [0.5, 0.6) is 0 Å². The van der Waals surface area contributed by atoms with E-state index in [0.717, 1.165) is 25.0 Å². The van der Waals surface area contributed by atoms with Gasteiger partial charge in [0.2, 0.25) is 0 Å². The molecule has 1 rings (SSSR count). The number of hydrogen-bond acceptors (Lipinski definition) is 4. The molecule has 72 valence electrons. The van der Waals surface area contributed by atoms with Crippen molar-refractivity contribution < 1.29 is 4.74 Å². The molecule has 4 nitrogen and oxygen atoms in total. The van der Waals surface area contributed by atoms with E-state index >= 15 is 0 Å². The van der Waals surface area contributed by atoms with Crippen molar-refractivity contribution in [2.45, 2.75) is 18.9 Å². The Morgan fingerprint density at radius 3 is 2.77 bits per heavy atom. The zero-order chi connectivity index (χ0) is 9.52. The molecule has 0 saturated carbocycles. The van der Waals surface area contributed by atoms with E-state index < -0.39 is 0 Å². The van der Waals surface area contributed by atoms with Gasteiger partial charge in [-0.05, 0) is 12.8 Å². The Labute approximate surface area is 78.1 Å². The van der Waals surface area contributed by atoms with Crippen molar-refractivity contribution in [3.05, 3.63) is 24.3 Å². The van der Waals surface area contributed by atoms with Gasteiger partial charge in [-0.1, -0.05) is 0 Å². The number of nitrogens with two attached hydrogens (primary N) is 1. The molecule has 1 aromatic rings. The summed E-state index contributed by atoms with van der Waals surface area (Å²) in [5, 5.41) is 0. The predicted octanol–water partition coefficient (Wildman–Crippen LogP) is 0.903. The summed E-state index contributed by atoms with van der Waals surface area (Å²) in [6, 6.07) is 0.0244. The molecule has 0 spiro atoms. The third kappa shape index (κ3) is 3.48. The molecule has 0 radical (unpaired) electrons. The molecule has 0 aliphatic rings. The lowest BCUT2D eigenvalue weighted by atomic mass is 10.1. The Morgan fingerprint density at radius 1 is 1.46 bits per heavy atom. The second kappa shape index (κ2) is 5.61. The van der Waals surface area contributed by atoms with Crippen molar-refractivity contribution in [1.29, 1.82) is 0 Å². The van der Waals surface area contributed by atoms with Crippen molar-refractivity contribution in [3.63, 3.8) is 0 Å². The molecule has 2 N–H and O–H groups in total. The van der Waals surface area contributed by atoms with Crippen LogP contribution in [0.3, 0.4) is 0 Å². The smallest absolute Gasteiger partial charge is 0.115 e. The molecule has 1 heterocycles. The van der Waals surface area contributed by atoms with Crippen molar-refractivity contribution >= 4 is 0 Å². The van der Waals surface area contributed by atoms with E-state index in [4.69, 9.17) is 10.5 Å². The summed E-state index contributed by atoms with van der Waals surface area (Å²) in [6.45, 7) is 0.751. The van der Waals surface area contributed by atoms with Gasteiger partial charge < -0.3 is 10.5 Å². The zero-order valence-corrected chi connectivity index (χ0v) is 7.81. The second-order valence-corrected chi connectivity index (χ2v) is 2.91. The maximum atomic E-state index is 5.90. The fourth-order valence-electron chi connectivity index (χ4n) is 1.12. The Kier molecular flexibility index (Phi) is 4.35. The summed E-state index contributed by atoms with van der Waals surface area (Å²) in [5.41, 5.74) is 6.89. The summed E-state index contributed by atoms with van der Waals surface area (Å²) in [4.78, 5) is 7.82. The summed E-state index contributed by atoms with van der Waals surface area (Å²) in [6.07, 6.45) is 6.88. The average Bonchev–Trinajstić information content (AvgIpc) is 2.19. The quantitative estimate of drug-likeness (QED) is 0.686. The van der Waals surface area contributed by atoms with Gasteiger partial charge in [0.05, 0.1) is 0 Å². The first-order valence-electron chi connectivity index (χ1n) is 4.34. The van der Waals surface area contributed by atoms with Gasteiger partial charge in [-0.2, -0.15) is 0 Å². The highest BCUT2D eigenvalue weighted by atomic mass is 16.5. The highest BCUT2D eigenvalue weighted by Gasteiger charge is 2.04. The minimum absolute atomic E-state index is 0.0244. The van der Waals surface area contributed by atoms with Crippen molar-refractivity contribution in [1.82, 2.24) is 9.97 Å². The van der Waals surface area contributed by atoms with Crippen molar-refractivity contribution in [2.24, 2.45) is 5.73 Å². The Balaban J connectivity index is 2.35. The van der Waals surface area contributed by atoms with Crippen LogP contribution >= 0.6 is 0 Å². The highest BCUT2D eigenvalue weighted by molar-refractivity contribution is 5.07. The SMILES string of the molecule is COCCCC(N)c1cncnc1. The fraction of sp³-hybridized carbons (Fsp3) is 0.556. The molecule has 0 saturated heterocycles. The van der Waals surface area contributed by atoms with Crippen LogP contribution in [-0.2, 0) is 4.74 Å². The summed E-state index contributed by atoms with van der Waals surface area (Å²) < 4.78 is 4.94. The number of aromatic nitrogens is 2. The predicted molar refractivity (Wildman–Crippen MR) is 50.1 cm³/mol. The minimum Gasteiger partial charge on any atom is -0.385 e. The lowest BCUT2D eigenvalue weighted by Gasteiger charge is -2.09. The van der Waals surface area contributed by atoms with Gasteiger partial charge in [0.1, 0.15) is 6.33 Å². The lowest BCUT2D eigenvalue weighted by Crippen LogP contribution is -2.11. The number of methoxy groups -OCH3 is 1. The van der Waals surface area contributed by atoms with Crippen LogP contribution in [0.15, 0.2) is 18.7 Å². The second-order valence-electron chi connectivity index (χ2n) is 2.91. The summed E-state index contributed by atoms with van der Waals surface area (Å²) in [5.74, 6) is 0. The number of nitrogens with zero attached hydrogens (tertiary/aromatic N) is 2. The van der Waals surface area contributed by atoms with Crippen LogP contribution in [0.2, 0.25) is 0 Å². The monoisotopic (exact) mass is 181 g/mol. The van der Waals surface area contributed by atoms with E-state index in [-0.39, 0.29) is 6.04 Å². The van der Waals surface area contributed by atoms with Crippen LogP contribution in [-0.4, -0.2) is 23.7 Å². The maximum absolute atomic E-state index is 5.90. The molecule has 13 heavy (non-hydrogen) atoms. The van der Waals surface area contributed by atoms with E-state index in [1.165, 1.54) is 6.33 Å². The third-order valence-electron chi connectivity index (χ3n) is 1.87. The normalized spacial score (nSPS) is 12.8. The first kappa shape index (κ1) is 10.1. The maximum Gasteiger partial charge on any atom is 0.115 e. The molecule has 0 fully saturated rings. The van der Waals surface area contributed by atoms with E-state index in [2.05, 4.69) is 9.97 Å². The molecule has 0 aliphatic heterocycles. The van der Waals surface area contributed by atoms with Gasteiger partial charge in [-0.15, -0.1) is 0 Å². The van der Waals surface area contributed by atoms with E-state index in [1.807, 2.05) is 0 Å². The van der Waals surface area contributed by atoms with Gasteiger partial charge in [-0.25, -0.2) is 9.97 Å². The molecule has 1 aromatic heterocycles. The van der Waals surface area contributed by atoms with Gasteiger partial charge >= 0.3 is 0 Å². The fourth-order valence-corrected chi connectivity index (χ4v) is 1.12. The Bertz CT molecular complexity index is 228. The van der Waals surface area contributed by atoms with Crippen molar-refractivity contribution in [3.8, 4) is 0 Å². The number of hydrogen-bond donors (Lipinski definition) is 1. The van der Waals surface area contributed by atoms with Crippen LogP contribution in [0, 0.1) is 0 Å². The van der Waals surface area contributed by atoms with Gasteiger partial charge in [0.15, 0.2) is 0 Å².